The molecule has 2 N–H and O–H groups in total. The molecule has 0 radical (unpaired) electrons. The molecule has 0 aromatic heterocycles. The van der Waals surface area contributed by atoms with Crippen molar-refractivity contribution in [2.75, 3.05) is 6.54 Å². The molecule has 1 rings (SSSR count). The Bertz CT molecular complexity index is 208. The lowest BCUT2D eigenvalue weighted by molar-refractivity contribution is -0.166. The molecule has 0 aromatic carbocycles. The highest BCUT2D eigenvalue weighted by atomic mass is 16.6. The number of hydrogen-bond donors (Lipinski definition) is 2. The predicted octanol–water partition coefficient (Wildman–Crippen LogP) is -0.811. The standard InChI is InChI=1S/C8H13NO4/c1-5(10)7(11)13-8(12)6-3-2-4-9-6/h5-6,9-10H,2-4H2,1H3/t5?,6-/m0/s1. The van der Waals surface area contributed by atoms with E-state index in [9.17, 15) is 9.59 Å². The summed E-state index contributed by atoms with van der Waals surface area (Å²) in [6.07, 6.45) is 0.347. The van der Waals surface area contributed by atoms with E-state index in [0.29, 0.717) is 6.42 Å². The van der Waals surface area contributed by atoms with Gasteiger partial charge in [-0.05, 0) is 26.3 Å². The molecule has 0 spiro atoms. The van der Waals surface area contributed by atoms with Gasteiger partial charge in [0, 0.05) is 0 Å². The molecule has 0 saturated carbocycles. The lowest BCUT2D eigenvalue weighted by atomic mass is 10.2. The van der Waals surface area contributed by atoms with Crippen LogP contribution in [-0.4, -0.2) is 35.7 Å². The van der Waals surface area contributed by atoms with Gasteiger partial charge in [-0.15, -0.1) is 0 Å². The number of aliphatic hydroxyl groups excluding tert-OH is 1. The lowest BCUT2D eigenvalue weighted by Gasteiger charge is -2.09. The van der Waals surface area contributed by atoms with Crippen LogP contribution in [0.4, 0.5) is 0 Å². The SMILES string of the molecule is CC(O)C(=O)OC(=O)[C@@H]1CCCN1. The molecule has 2 atom stereocenters. The summed E-state index contributed by atoms with van der Waals surface area (Å²) in [5, 5.41) is 11.7. The third kappa shape index (κ3) is 2.78. The largest absolute Gasteiger partial charge is 0.390 e. The fourth-order valence-electron chi connectivity index (χ4n) is 1.14. The van der Waals surface area contributed by atoms with Gasteiger partial charge in [-0.3, -0.25) is 0 Å². The molecular formula is C8H13NO4. The Morgan fingerprint density at radius 3 is 2.77 bits per heavy atom. The molecule has 0 bridgehead atoms. The summed E-state index contributed by atoms with van der Waals surface area (Å²) >= 11 is 0. The molecule has 74 valence electrons. The van der Waals surface area contributed by atoms with Crippen molar-refractivity contribution in [3.05, 3.63) is 0 Å². The van der Waals surface area contributed by atoms with Crippen LogP contribution in [0.1, 0.15) is 19.8 Å². The first-order chi connectivity index (χ1) is 6.11. The van der Waals surface area contributed by atoms with Crippen LogP contribution in [-0.2, 0) is 14.3 Å². The van der Waals surface area contributed by atoms with Gasteiger partial charge in [0.2, 0.25) is 0 Å². The Morgan fingerprint density at radius 2 is 2.31 bits per heavy atom. The highest BCUT2D eigenvalue weighted by molar-refractivity contribution is 5.90. The summed E-state index contributed by atoms with van der Waals surface area (Å²) in [6.45, 7) is 2.03. The van der Waals surface area contributed by atoms with Crippen LogP contribution in [0.2, 0.25) is 0 Å². The van der Waals surface area contributed by atoms with E-state index in [4.69, 9.17) is 5.11 Å². The maximum atomic E-state index is 11.1. The molecule has 0 aliphatic carbocycles. The number of carbonyl (C=O) groups excluding carboxylic acids is 2. The first-order valence-corrected chi connectivity index (χ1v) is 4.28. The van der Waals surface area contributed by atoms with E-state index in [-0.39, 0.29) is 6.04 Å². The Labute approximate surface area is 76.1 Å². The van der Waals surface area contributed by atoms with Gasteiger partial charge >= 0.3 is 11.9 Å². The molecular weight excluding hydrogens is 174 g/mol. The number of carbonyl (C=O) groups is 2. The zero-order valence-corrected chi connectivity index (χ0v) is 7.45. The van der Waals surface area contributed by atoms with Crippen LogP contribution in [0, 0.1) is 0 Å². The van der Waals surface area contributed by atoms with Crippen molar-refractivity contribution in [2.24, 2.45) is 0 Å². The van der Waals surface area contributed by atoms with Gasteiger partial charge in [-0.1, -0.05) is 0 Å². The van der Waals surface area contributed by atoms with E-state index in [1.54, 1.807) is 0 Å². The highest BCUT2D eigenvalue weighted by Gasteiger charge is 2.26. The van der Waals surface area contributed by atoms with Gasteiger partial charge in [0.15, 0.2) is 0 Å². The second-order valence-electron chi connectivity index (χ2n) is 3.07. The number of ether oxygens (including phenoxy) is 1. The maximum absolute atomic E-state index is 11.1. The monoisotopic (exact) mass is 187 g/mol. The van der Waals surface area contributed by atoms with E-state index < -0.39 is 18.0 Å². The van der Waals surface area contributed by atoms with Crippen molar-refractivity contribution < 1.29 is 19.4 Å². The topological polar surface area (TPSA) is 75.6 Å². The van der Waals surface area contributed by atoms with E-state index in [1.165, 1.54) is 6.92 Å². The van der Waals surface area contributed by atoms with Crippen LogP contribution in [0.5, 0.6) is 0 Å². The highest BCUT2D eigenvalue weighted by Crippen LogP contribution is 2.06. The van der Waals surface area contributed by atoms with Gasteiger partial charge in [0.25, 0.3) is 0 Å². The quantitative estimate of drug-likeness (QED) is 0.437. The second-order valence-corrected chi connectivity index (χ2v) is 3.07. The Balaban J connectivity index is 2.36. The zero-order chi connectivity index (χ0) is 9.84. The minimum atomic E-state index is -1.25. The molecule has 1 heterocycles. The van der Waals surface area contributed by atoms with Gasteiger partial charge in [-0.2, -0.15) is 0 Å². The van der Waals surface area contributed by atoms with E-state index >= 15 is 0 Å². The predicted molar refractivity (Wildman–Crippen MR) is 43.8 cm³/mol. The van der Waals surface area contributed by atoms with Crippen LogP contribution in [0.25, 0.3) is 0 Å². The van der Waals surface area contributed by atoms with Gasteiger partial charge < -0.3 is 15.2 Å². The van der Waals surface area contributed by atoms with E-state index in [1.807, 2.05) is 0 Å². The van der Waals surface area contributed by atoms with Crippen LogP contribution in [0.3, 0.4) is 0 Å². The number of aliphatic hydroxyl groups is 1. The minimum absolute atomic E-state index is 0.386. The van der Waals surface area contributed by atoms with Crippen molar-refractivity contribution in [3.63, 3.8) is 0 Å². The molecule has 1 aliphatic heterocycles. The zero-order valence-electron chi connectivity index (χ0n) is 7.45. The number of esters is 2. The summed E-state index contributed by atoms with van der Waals surface area (Å²) in [5.74, 6) is -1.48. The summed E-state index contributed by atoms with van der Waals surface area (Å²) in [7, 11) is 0. The van der Waals surface area contributed by atoms with E-state index in [2.05, 4.69) is 10.1 Å². The molecule has 1 fully saturated rings. The van der Waals surface area contributed by atoms with Crippen LogP contribution < -0.4 is 5.32 Å². The van der Waals surface area contributed by atoms with Gasteiger partial charge in [-0.25, -0.2) is 9.59 Å². The molecule has 5 heteroatoms. The van der Waals surface area contributed by atoms with Crippen molar-refractivity contribution in [3.8, 4) is 0 Å². The first-order valence-electron chi connectivity index (χ1n) is 4.28. The fourth-order valence-corrected chi connectivity index (χ4v) is 1.14. The summed E-state index contributed by atoms with van der Waals surface area (Å²) < 4.78 is 4.41. The number of rotatable bonds is 2. The second kappa shape index (κ2) is 4.34. The summed E-state index contributed by atoms with van der Waals surface area (Å²) in [6, 6.07) is -0.386. The van der Waals surface area contributed by atoms with Crippen LogP contribution in [0.15, 0.2) is 0 Å². The van der Waals surface area contributed by atoms with Crippen molar-refractivity contribution in [1.82, 2.24) is 5.32 Å². The maximum Gasteiger partial charge on any atom is 0.342 e. The van der Waals surface area contributed by atoms with Crippen LogP contribution >= 0.6 is 0 Å². The molecule has 0 aromatic rings. The van der Waals surface area contributed by atoms with E-state index in [0.717, 1.165) is 13.0 Å². The Kier molecular flexibility index (Phi) is 3.39. The normalized spacial score (nSPS) is 24.0. The van der Waals surface area contributed by atoms with Crippen molar-refractivity contribution in [1.29, 1.82) is 0 Å². The average Bonchev–Trinajstić information content (AvgIpc) is 2.55. The molecule has 1 aliphatic rings. The third-order valence-corrected chi connectivity index (χ3v) is 1.89. The first kappa shape index (κ1) is 10.1. The van der Waals surface area contributed by atoms with Crippen molar-refractivity contribution >= 4 is 11.9 Å². The molecule has 1 saturated heterocycles. The van der Waals surface area contributed by atoms with Gasteiger partial charge in [0.05, 0.1) is 0 Å². The lowest BCUT2D eigenvalue weighted by Crippen LogP contribution is -2.35. The molecule has 13 heavy (non-hydrogen) atoms. The fraction of sp³-hybridized carbons (Fsp3) is 0.750. The Morgan fingerprint density at radius 1 is 1.62 bits per heavy atom. The smallest absolute Gasteiger partial charge is 0.342 e. The van der Waals surface area contributed by atoms with Crippen molar-refractivity contribution in [2.45, 2.75) is 31.9 Å². The number of nitrogens with one attached hydrogen (secondary N) is 1. The summed E-state index contributed by atoms with van der Waals surface area (Å²) in [4.78, 5) is 21.9. The average molecular weight is 187 g/mol. The third-order valence-electron chi connectivity index (χ3n) is 1.89. The van der Waals surface area contributed by atoms with Gasteiger partial charge in [0.1, 0.15) is 12.1 Å². The Hall–Kier alpha value is -0.940. The summed E-state index contributed by atoms with van der Waals surface area (Å²) in [5.41, 5.74) is 0. The minimum Gasteiger partial charge on any atom is -0.390 e. The molecule has 5 nitrogen and oxygen atoms in total. The molecule has 1 unspecified atom stereocenters. The number of hydrogen-bond acceptors (Lipinski definition) is 5. The molecule has 0 amide bonds.